The summed E-state index contributed by atoms with van der Waals surface area (Å²) in [6, 6.07) is 9.59. The molecular weight excluding hydrogens is 326 g/mol. The van der Waals surface area contributed by atoms with Crippen LogP contribution in [0.3, 0.4) is 0 Å². The number of nitrogens with one attached hydrogen (secondary N) is 1. The van der Waals surface area contributed by atoms with Crippen molar-refractivity contribution in [2.45, 2.75) is 51.0 Å². The summed E-state index contributed by atoms with van der Waals surface area (Å²) >= 11 is 0. The van der Waals surface area contributed by atoms with E-state index in [0.717, 1.165) is 23.7 Å². The van der Waals surface area contributed by atoms with Gasteiger partial charge in [-0.2, -0.15) is 0 Å². The Morgan fingerprint density at radius 2 is 2.00 bits per heavy atom. The van der Waals surface area contributed by atoms with Crippen LogP contribution in [0.4, 0.5) is 5.69 Å². The Kier molecular flexibility index (Phi) is 4.39. The second-order valence-corrected chi connectivity index (χ2v) is 7.76. The van der Waals surface area contributed by atoms with Crippen LogP contribution >= 0.6 is 0 Å². The molecule has 0 radical (unpaired) electrons. The van der Waals surface area contributed by atoms with Crippen molar-refractivity contribution in [3.8, 4) is 0 Å². The Bertz CT molecular complexity index is 839. The van der Waals surface area contributed by atoms with Crippen molar-refractivity contribution in [1.29, 1.82) is 0 Å². The number of aromatic nitrogens is 1. The molecule has 1 saturated carbocycles. The van der Waals surface area contributed by atoms with Gasteiger partial charge in [0.25, 0.3) is 0 Å². The number of para-hydroxylation sites is 1. The largest absolute Gasteiger partial charge is 0.328 e. The zero-order valence-corrected chi connectivity index (χ0v) is 15.2. The summed E-state index contributed by atoms with van der Waals surface area (Å²) in [5.74, 6) is 0.496. The molecule has 136 valence electrons. The number of pyridine rings is 1. The fraction of sp³-hybridized carbons (Fsp3) is 0.476. The van der Waals surface area contributed by atoms with E-state index < -0.39 is 5.54 Å². The highest BCUT2D eigenvalue weighted by molar-refractivity contribution is 6.05. The standard InChI is InChI=1S/C21H25N3O2/c1-21(11-13-24(21)18(25)14-15-6-2-3-7-15)20(26)23-17-10-4-8-16-9-5-12-22-19(16)17/h4-5,8-10,12,15H,2-3,6-7,11,13-14H2,1H3,(H,23,26). The molecule has 1 aromatic heterocycles. The molecule has 5 heteroatoms. The van der Waals surface area contributed by atoms with Crippen LogP contribution in [0.2, 0.25) is 0 Å². The van der Waals surface area contributed by atoms with E-state index in [1.165, 1.54) is 12.8 Å². The third-order valence-electron chi connectivity index (χ3n) is 6.03. The number of carbonyl (C=O) groups is 2. The molecule has 4 rings (SSSR count). The van der Waals surface area contributed by atoms with Crippen molar-refractivity contribution in [3.63, 3.8) is 0 Å². The van der Waals surface area contributed by atoms with E-state index in [1.807, 2.05) is 37.3 Å². The molecule has 2 aliphatic rings. The molecule has 1 aliphatic carbocycles. The Morgan fingerprint density at radius 1 is 1.23 bits per heavy atom. The average Bonchev–Trinajstić information content (AvgIpc) is 3.13. The van der Waals surface area contributed by atoms with Gasteiger partial charge in [0.2, 0.25) is 11.8 Å². The molecule has 5 nitrogen and oxygen atoms in total. The van der Waals surface area contributed by atoms with Crippen molar-refractivity contribution >= 4 is 28.4 Å². The van der Waals surface area contributed by atoms with Gasteiger partial charge in [0, 0.05) is 24.5 Å². The molecule has 1 unspecified atom stereocenters. The summed E-state index contributed by atoms with van der Waals surface area (Å²) in [6.07, 6.45) is 7.74. The van der Waals surface area contributed by atoms with Gasteiger partial charge in [-0.05, 0) is 44.2 Å². The lowest BCUT2D eigenvalue weighted by atomic mass is 9.84. The van der Waals surface area contributed by atoms with Crippen molar-refractivity contribution in [1.82, 2.24) is 9.88 Å². The second kappa shape index (κ2) is 6.71. The lowest BCUT2D eigenvalue weighted by molar-refractivity contribution is -0.155. The molecule has 2 amide bonds. The number of hydrogen-bond acceptors (Lipinski definition) is 3. The first kappa shape index (κ1) is 17.0. The fourth-order valence-corrected chi connectivity index (χ4v) is 4.23. The van der Waals surface area contributed by atoms with Crippen LogP contribution in [0.15, 0.2) is 36.5 Å². The minimum Gasteiger partial charge on any atom is -0.328 e. The molecule has 2 aromatic rings. The fourth-order valence-electron chi connectivity index (χ4n) is 4.23. The van der Waals surface area contributed by atoms with Gasteiger partial charge in [-0.15, -0.1) is 0 Å². The first-order chi connectivity index (χ1) is 12.6. The molecule has 0 bridgehead atoms. The summed E-state index contributed by atoms with van der Waals surface area (Å²) in [6.45, 7) is 2.54. The number of rotatable bonds is 4. The van der Waals surface area contributed by atoms with Gasteiger partial charge in [-0.25, -0.2) is 0 Å². The maximum atomic E-state index is 13.0. The maximum absolute atomic E-state index is 13.0. The molecule has 1 aliphatic heterocycles. The van der Waals surface area contributed by atoms with E-state index in [-0.39, 0.29) is 11.8 Å². The number of carbonyl (C=O) groups excluding carboxylic acids is 2. The minimum atomic E-state index is -0.757. The smallest absolute Gasteiger partial charge is 0.250 e. The number of nitrogens with zero attached hydrogens (tertiary/aromatic N) is 2. The van der Waals surface area contributed by atoms with Gasteiger partial charge in [0.15, 0.2) is 0 Å². The SMILES string of the molecule is CC1(C(=O)Nc2cccc3cccnc23)CCN1C(=O)CC1CCCC1. The third-order valence-corrected chi connectivity index (χ3v) is 6.03. The molecule has 1 N–H and O–H groups in total. The Balaban J connectivity index is 1.49. The molecule has 1 atom stereocenters. The highest BCUT2D eigenvalue weighted by atomic mass is 16.2. The molecule has 2 fully saturated rings. The number of benzene rings is 1. The van der Waals surface area contributed by atoms with E-state index in [4.69, 9.17) is 0 Å². The molecule has 0 spiro atoms. The molecular formula is C21H25N3O2. The molecule has 2 heterocycles. The van der Waals surface area contributed by atoms with Gasteiger partial charge >= 0.3 is 0 Å². The van der Waals surface area contributed by atoms with E-state index in [0.29, 0.717) is 31.0 Å². The maximum Gasteiger partial charge on any atom is 0.250 e. The third kappa shape index (κ3) is 2.96. The van der Waals surface area contributed by atoms with Crippen LogP contribution in [0.1, 0.15) is 45.4 Å². The van der Waals surface area contributed by atoms with Gasteiger partial charge in [0.05, 0.1) is 11.2 Å². The lowest BCUT2D eigenvalue weighted by Crippen LogP contribution is -2.66. The Morgan fingerprint density at radius 3 is 2.73 bits per heavy atom. The minimum absolute atomic E-state index is 0.122. The van der Waals surface area contributed by atoms with Gasteiger partial charge in [0.1, 0.15) is 5.54 Å². The van der Waals surface area contributed by atoms with E-state index in [2.05, 4.69) is 10.3 Å². The number of amides is 2. The van der Waals surface area contributed by atoms with E-state index >= 15 is 0 Å². The number of likely N-dealkylation sites (tertiary alicyclic amines) is 1. The van der Waals surface area contributed by atoms with Crippen LogP contribution in [0.25, 0.3) is 10.9 Å². The molecule has 1 aromatic carbocycles. The summed E-state index contributed by atoms with van der Waals surface area (Å²) in [7, 11) is 0. The summed E-state index contributed by atoms with van der Waals surface area (Å²) in [5, 5.41) is 4.00. The predicted octanol–water partition coefficient (Wildman–Crippen LogP) is 3.74. The number of hydrogen-bond donors (Lipinski definition) is 1. The monoisotopic (exact) mass is 351 g/mol. The highest BCUT2D eigenvalue weighted by Gasteiger charge is 2.49. The zero-order chi connectivity index (χ0) is 18.1. The lowest BCUT2D eigenvalue weighted by Gasteiger charge is -2.49. The summed E-state index contributed by atoms with van der Waals surface area (Å²) < 4.78 is 0. The quantitative estimate of drug-likeness (QED) is 0.912. The zero-order valence-electron chi connectivity index (χ0n) is 15.2. The second-order valence-electron chi connectivity index (χ2n) is 7.76. The van der Waals surface area contributed by atoms with Gasteiger partial charge < -0.3 is 10.2 Å². The van der Waals surface area contributed by atoms with E-state index in [1.54, 1.807) is 11.1 Å². The Labute approximate surface area is 153 Å². The van der Waals surface area contributed by atoms with Crippen LogP contribution in [0, 0.1) is 5.92 Å². The Hall–Kier alpha value is -2.43. The van der Waals surface area contributed by atoms with Crippen molar-refractivity contribution < 1.29 is 9.59 Å². The van der Waals surface area contributed by atoms with Crippen LogP contribution in [-0.2, 0) is 9.59 Å². The highest BCUT2D eigenvalue weighted by Crippen LogP contribution is 2.35. The van der Waals surface area contributed by atoms with Crippen molar-refractivity contribution in [3.05, 3.63) is 36.5 Å². The van der Waals surface area contributed by atoms with Crippen LogP contribution in [-0.4, -0.2) is 33.8 Å². The molecule has 1 saturated heterocycles. The number of fused-ring (bicyclic) bond motifs is 1. The topological polar surface area (TPSA) is 62.3 Å². The predicted molar refractivity (Wildman–Crippen MR) is 102 cm³/mol. The van der Waals surface area contributed by atoms with Gasteiger partial charge in [-0.3, -0.25) is 14.6 Å². The van der Waals surface area contributed by atoms with Gasteiger partial charge in [-0.1, -0.05) is 31.0 Å². The first-order valence-corrected chi connectivity index (χ1v) is 9.53. The van der Waals surface area contributed by atoms with Crippen LogP contribution in [0.5, 0.6) is 0 Å². The normalized spacial score (nSPS) is 23.0. The number of anilines is 1. The average molecular weight is 351 g/mol. The van der Waals surface area contributed by atoms with Crippen LogP contribution < -0.4 is 5.32 Å². The molecule has 26 heavy (non-hydrogen) atoms. The van der Waals surface area contributed by atoms with E-state index in [9.17, 15) is 9.59 Å². The summed E-state index contributed by atoms with van der Waals surface area (Å²) in [4.78, 5) is 31.8. The van der Waals surface area contributed by atoms with Crippen molar-refractivity contribution in [2.75, 3.05) is 11.9 Å². The first-order valence-electron chi connectivity index (χ1n) is 9.53. The summed E-state index contributed by atoms with van der Waals surface area (Å²) in [5.41, 5.74) is 0.714. The van der Waals surface area contributed by atoms with Crippen molar-refractivity contribution in [2.24, 2.45) is 5.92 Å².